The van der Waals surface area contributed by atoms with E-state index >= 15 is 0 Å². The number of carbonyl (C=O) groups excluding carboxylic acids is 1. The molecular formula is C17H14BrN3O3. The molecule has 0 saturated heterocycles. The fraction of sp³-hybridized carbons (Fsp3) is 0.235. The van der Waals surface area contributed by atoms with Gasteiger partial charge < -0.3 is 14.2 Å². The number of hydrogen-bond acceptors (Lipinski definition) is 5. The lowest BCUT2D eigenvalue weighted by Gasteiger charge is -2.19. The number of ether oxygens (including phenoxy) is 1. The van der Waals surface area contributed by atoms with Crippen LogP contribution in [-0.4, -0.2) is 34.1 Å². The van der Waals surface area contributed by atoms with Crippen molar-refractivity contribution in [2.24, 2.45) is 0 Å². The number of rotatable bonds is 1. The summed E-state index contributed by atoms with van der Waals surface area (Å²) in [6, 6.07) is 9.30. The molecule has 122 valence electrons. The number of halogens is 1. The Morgan fingerprint density at radius 3 is 3.04 bits per heavy atom. The third kappa shape index (κ3) is 2.54. The van der Waals surface area contributed by atoms with Crippen LogP contribution in [-0.2, 0) is 6.54 Å². The van der Waals surface area contributed by atoms with Gasteiger partial charge in [0.1, 0.15) is 18.1 Å². The Bertz CT molecular complexity index is 938. The minimum atomic E-state index is -0.154. The minimum Gasteiger partial charge on any atom is -0.491 e. The Morgan fingerprint density at radius 1 is 1.29 bits per heavy atom. The van der Waals surface area contributed by atoms with Crippen LogP contribution < -0.4 is 4.74 Å². The highest BCUT2D eigenvalue weighted by Crippen LogP contribution is 2.30. The second-order valence-corrected chi connectivity index (χ2v) is 6.46. The van der Waals surface area contributed by atoms with E-state index in [0.717, 1.165) is 26.9 Å². The average Bonchev–Trinajstić information content (AvgIpc) is 2.82. The summed E-state index contributed by atoms with van der Waals surface area (Å²) in [5.74, 6) is 0.645. The standard InChI is InChI=1S/C17H14BrN3O3/c1-10-11-5-6-14(19-16(11)24-20-10)17(22)21-7-8-23-15-4-2-3-13(18)12(15)9-21/h2-6H,7-9H2,1H3. The Balaban J connectivity index is 1.66. The molecule has 1 aromatic carbocycles. The van der Waals surface area contributed by atoms with Gasteiger partial charge in [0.05, 0.1) is 24.2 Å². The number of aryl methyl sites for hydroxylation is 1. The molecule has 6 nitrogen and oxygen atoms in total. The van der Waals surface area contributed by atoms with Crippen molar-refractivity contribution in [1.82, 2.24) is 15.0 Å². The quantitative estimate of drug-likeness (QED) is 0.640. The van der Waals surface area contributed by atoms with E-state index in [-0.39, 0.29) is 5.91 Å². The Kier molecular flexibility index (Phi) is 3.72. The topological polar surface area (TPSA) is 68.5 Å². The van der Waals surface area contributed by atoms with E-state index in [1.807, 2.05) is 31.2 Å². The lowest BCUT2D eigenvalue weighted by Crippen LogP contribution is -2.33. The maximum Gasteiger partial charge on any atom is 0.273 e. The molecular weight excluding hydrogens is 374 g/mol. The van der Waals surface area contributed by atoms with Gasteiger partial charge in [-0.2, -0.15) is 0 Å². The highest BCUT2D eigenvalue weighted by atomic mass is 79.9. The lowest BCUT2D eigenvalue weighted by molar-refractivity contribution is 0.0727. The van der Waals surface area contributed by atoms with Crippen LogP contribution in [0.4, 0.5) is 0 Å². The van der Waals surface area contributed by atoms with Crippen LogP contribution >= 0.6 is 15.9 Å². The summed E-state index contributed by atoms with van der Waals surface area (Å²) >= 11 is 3.53. The molecule has 0 unspecified atom stereocenters. The zero-order chi connectivity index (χ0) is 16.7. The van der Waals surface area contributed by atoms with Gasteiger partial charge in [0, 0.05) is 10.0 Å². The van der Waals surface area contributed by atoms with Gasteiger partial charge in [-0.25, -0.2) is 4.98 Å². The van der Waals surface area contributed by atoms with Crippen LogP contribution in [0.25, 0.3) is 11.1 Å². The molecule has 24 heavy (non-hydrogen) atoms. The van der Waals surface area contributed by atoms with E-state index < -0.39 is 0 Å². The number of pyridine rings is 1. The molecule has 0 saturated carbocycles. The van der Waals surface area contributed by atoms with Gasteiger partial charge in [-0.05, 0) is 31.2 Å². The fourth-order valence-electron chi connectivity index (χ4n) is 2.76. The van der Waals surface area contributed by atoms with Crippen molar-refractivity contribution >= 4 is 32.9 Å². The number of benzene rings is 1. The molecule has 7 heteroatoms. The average molecular weight is 388 g/mol. The van der Waals surface area contributed by atoms with Crippen LogP contribution in [0.2, 0.25) is 0 Å². The monoisotopic (exact) mass is 387 g/mol. The van der Waals surface area contributed by atoms with Crippen LogP contribution in [0.3, 0.4) is 0 Å². The van der Waals surface area contributed by atoms with Gasteiger partial charge in [-0.1, -0.05) is 27.2 Å². The second kappa shape index (κ2) is 5.90. The third-order valence-electron chi connectivity index (χ3n) is 4.07. The second-order valence-electron chi connectivity index (χ2n) is 5.61. The molecule has 3 aromatic rings. The normalized spacial score (nSPS) is 14.2. The molecule has 0 aliphatic carbocycles. The summed E-state index contributed by atoms with van der Waals surface area (Å²) in [7, 11) is 0. The Hall–Kier alpha value is -2.41. The SMILES string of the molecule is Cc1noc2nc(C(=O)N3CCOc4cccc(Br)c4C3)ccc12. The van der Waals surface area contributed by atoms with Gasteiger partial charge in [0.25, 0.3) is 11.6 Å². The van der Waals surface area contributed by atoms with E-state index in [1.54, 1.807) is 11.0 Å². The zero-order valence-electron chi connectivity index (χ0n) is 13.0. The highest BCUT2D eigenvalue weighted by Gasteiger charge is 2.24. The first-order chi connectivity index (χ1) is 11.6. The van der Waals surface area contributed by atoms with E-state index in [4.69, 9.17) is 9.26 Å². The summed E-state index contributed by atoms with van der Waals surface area (Å²) in [5.41, 5.74) is 2.44. The number of amides is 1. The number of fused-ring (bicyclic) bond motifs is 2. The lowest BCUT2D eigenvalue weighted by atomic mass is 10.2. The number of nitrogens with zero attached hydrogens (tertiary/aromatic N) is 3. The summed E-state index contributed by atoms with van der Waals surface area (Å²) in [6.07, 6.45) is 0. The highest BCUT2D eigenvalue weighted by molar-refractivity contribution is 9.10. The Labute approximate surface area is 146 Å². The molecule has 3 heterocycles. The first-order valence-electron chi connectivity index (χ1n) is 7.56. The first kappa shape index (κ1) is 15.1. The van der Waals surface area contributed by atoms with E-state index in [1.165, 1.54) is 0 Å². The molecule has 0 N–H and O–H groups in total. The van der Waals surface area contributed by atoms with Gasteiger partial charge >= 0.3 is 0 Å². The predicted octanol–water partition coefficient (Wildman–Crippen LogP) is 3.33. The largest absolute Gasteiger partial charge is 0.491 e. The molecule has 0 atom stereocenters. The maximum atomic E-state index is 12.9. The van der Waals surface area contributed by atoms with Crippen molar-refractivity contribution in [3.8, 4) is 5.75 Å². The van der Waals surface area contributed by atoms with E-state index in [0.29, 0.717) is 31.1 Å². The molecule has 1 aliphatic rings. The van der Waals surface area contributed by atoms with Gasteiger partial charge in [0.15, 0.2) is 0 Å². The summed E-state index contributed by atoms with van der Waals surface area (Å²) in [5, 5.41) is 4.69. The van der Waals surface area contributed by atoms with Crippen molar-refractivity contribution in [1.29, 1.82) is 0 Å². The van der Waals surface area contributed by atoms with Gasteiger partial charge in [-0.15, -0.1) is 0 Å². The number of aromatic nitrogens is 2. The summed E-state index contributed by atoms with van der Waals surface area (Å²) < 4.78 is 11.8. The van der Waals surface area contributed by atoms with Gasteiger partial charge in [0.2, 0.25) is 0 Å². The van der Waals surface area contributed by atoms with Crippen LogP contribution in [0, 0.1) is 6.92 Å². The van der Waals surface area contributed by atoms with Crippen molar-refractivity contribution in [3.05, 3.63) is 51.8 Å². The summed E-state index contributed by atoms with van der Waals surface area (Å²) in [6.45, 7) is 3.24. The smallest absolute Gasteiger partial charge is 0.273 e. The van der Waals surface area contributed by atoms with E-state index in [2.05, 4.69) is 26.1 Å². The molecule has 1 aliphatic heterocycles. The number of carbonyl (C=O) groups is 1. The van der Waals surface area contributed by atoms with Crippen LogP contribution in [0.15, 0.2) is 39.3 Å². The van der Waals surface area contributed by atoms with Crippen LogP contribution in [0.1, 0.15) is 21.7 Å². The molecule has 0 fully saturated rings. The fourth-order valence-corrected chi connectivity index (χ4v) is 3.24. The predicted molar refractivity (Wildman–Crippen MR) is 90.9 cm³/mol. The molecule has 0 spiro atoms. The van der Waals surface area contributed by atoms with Crippen molar-refractivity contribution in [2.45, 2.75) is 13.5 Å². The molecule has 0 bridgehead atoms. The summed E-state index contributed by atoms with van der Waals surface area (Å²) in [4.78, 5) is 18.9. The molecule has 1 amide bonds. The number of hydrogen-bond donors (Lipinski definition) is 0. The van der Waals surface area contributed by atoms with E-state index in [9.17, 15) is 4.79 Å². The molecule has 0 radical (unpaired) electrons. The van der Waals surface area contributed by atoms with Crippen molar-refractivity contribution in [3.63, 3.8) is 0 Å². The minimum absolute atomic E-state index is 0.154. The van der Waals surface area contributed by atoms with Gasteiger partial charge in [-0.3, -0.25) is 4.79 Å². The first-order valence-corrected chi connectivity index (χ1v) is 8.35. The van der Waals surface area contributed by atoms with Crippen molar-refractivity contribution < 1.29 is 14.1 Å². The zero-order valence-corrected chi connectivity index (χ0v) is 14.5. The Morgan fingerprint density at radius 2 is 2.17 bits per heavy atom. The molecule has 4 rings (SSSR count). The maximum absolute atomic E-state index is 12.9. The third-order valence-corrected chi connectivity index (χ3v) is 4.81. The molecule has 2 aromatic heterocycles. The van der Waals surface area contributed by atoms with Crippen molar-refractivity contribution in [2.75, 3.05) is 13.2 Å². The van der Waals surface area contributed by atoms with Crippen LogP contribution in [0.5, 0.6) is 5.75 Å².